The number of rotatable bonds is 5. The Kier molecular flexibility index (Phi) is 4.54. The number of aryl methyl sites for hydroxylation is 1. The lowest BCUT2D eigenvalue weighted by molar-refractivity contribution is -0.129. The summed E-state index contributed by atoms with van der Waals surface area (Å²) in [5, 5.41) is 1.22. The molecule has 2 heterocycles. The Labute approximate surface area is 143 Å². The number of carbonyl (C=O) groups excluding carboxylic acids is 1. The van der Waals surface area contributed by atoms with Gasteiger partial charge in [-0.25, -0.2) is 0 Å². The fourth-order valence-electron chi connectivity index (χ4n) is 3.79. The van der Waals surface area contributed by atoms with Crippen molar-refractivity contribution in [1.29, 1.82) is 0 Å². The van der Waals surface area contributed by atoms with Crippen LogP contribution in [0.5, 0.6) is 5.75 Å². The number of nitrogens with two attached hydrogens (primary N) is 1. The van der Waals surface area contributed by atoms with Gasteiger partial charge in [-0.15, -0.1) is 0 Å². The minimum Gasteiger partial charge on any atom is -0.497 e. The van der Waals surface area contributed by atoms with E-state index in [4.69, 9.17) is 10.5 Å². The van der Waals surface area contributed by atoms with Gasteiger partial charge in [0.1, 0.15) is 5.75 Å². The van der Waals surface area contributed by atoms with E-state index in [1.54, 1.807) is 7.11 Å². The van der Waals surface area contributed by atoms with Gasteiger partial charge in [0.05, 0.1) is 12.5 Å². The van der Waals surface area contributed by atoms with Crippen LogP contribution in [0.25, 0.3) is 10.9 Å². The monoisotopic (exact) mass is 329 g/mol. The molecule has 0 bridgehead atoms. The fraction of sp³-hybridized carbons (Fsp3) is 0.526. The SMILES string of the molecule is CCn1cc(CN2CCCC(C)(C(N)=O)C2)c2cc(OC)ccc21. The van der Waals surface area contributed by atoms with E-state index >= 15 is 0 Å². The van der Waals surface area contributed by atoms with Crippen molar-refractivity contribution in [2.75, 3.05) is 20.2 Å². The van der Waals surface area contributed by atoms with Gasteiger partial charge >= 0.3 is 0 Å². The predicted octanol–water partition coefficient (Wildman–Crippen LogP) is 2.76. The summed E-state index contributed by atoms with van der Waals surface area (Å²) in [6.07, 6.45) is 4.11. The Morgan fingerprint density at radius 3 is 2.88 bits per heavy atom. The molecule has 0 spiro atoms. The Bertz CT molecular complexity index is 752. The number of carbonyl (C=O) groups is 1. The summed E-state index contributed by atoms with van der Waals surface area (Å²) < 4.78 is 7.66. The number of nitrogens with zero attached hydrogens (tertiary/aromatic N) is 2. The lowest BCUT2D eigenvalue weighted by Crippen LogP contribution is -2.48. The lowest BCUT2D eigenvalue weighted by atomic mass is 9.81. The molecule has 1 fully saturated rings. The van der Waals surface area contributed by atoms with Crippen molar-refractivity contribution in [3.63, 3.8) is 0 Å². The summed E-state index contributed by atoms with van der Waals surface area (Å²) in [4.78, 5) is 14.1. The molecule has 1 amide bonds. The van der Waals surface area contributed by atoms with Gasteiger partial charge in [0.2, 0.25) is 5.91 Å². The molecule has 0 saturated carbocycles. The van der Waals surface area contributed by atoms with Crippen LogP contribution in [0.4, 0.5) is 0 Å². The molecule has 1 aromatic carbocycles. The third-order valence-corrected chi connectivity index (χ3v) is 5.28. The minimum atomic E-state index is -0.418. The van der Waals surface area contributed by atoms with Crippen molar-refractivity contribution in [2.45, 2.75) is 39.8 Å². The number of fused-ring (bicyclic) bond motifs is 1. The number of piperidine rings is 1. The van der Waals surface area contributed by atoms with Crippen molar-refractivity contribution >= 4 is 16.8 Å². The summed E-state index contributed by atoms with van der Waals surface area (Å²) in [5.41, 5.74) is 7.71. The molecule has 3 rings (SSSR count). The number of aromatic nitrogens is 1. The van der Waals surface area contributed by atoms with E-state index in [2.05, 4.69) is 34.7 Å². The molecule has 1 aliphatic rings. The van der Waals surface area contributed by atoms with Gasteiger partial charge in [0.25, 0.3) is 0 Å². The Balaban J connectivity index is 1.90. The van der Waals surface area contributed by atoms with Crippen LogP contribution in [0.1, 0.15) is 32.3 Å². The van der Waals surface area contributed by atoms with Gasteiger partial charge in [-0.2, -0.15) is 0 Å². The van der Waals surface area contributed by atoms with Crippen LogP contribution < -0.4 is 10.5 Å². The lowest BCUT2D eigenvalue weighted by Gasteiger charge is -2.38. The van der Waals surface area contributed by atoms with Crippen LogP contribution in [0.2, 0.25) is 0 Å². The smallest absolute Gasteiger partial charge is 0.224 e. The number of ether oxygens (including phenoxy) is 1. The second-order valence-electron chi connectivity index (χ2n) is 7.06. The molecule has 2 N–H and O–H groups in total. The molecule has 0 radical (unpaired) electrons. The molecule has 2 aromatic rings. The molecule has 1 aromatic heterocycles. The van der Waals surface area contributed by atoms with Crippen LogP contribution in [0.3, 0.4) is 0 Å². The Hall–Kier alpha value is -2.01. The Morgan fingerprint density at radius 1 is 1.42 bits per heavy atom. The molecule has 1 aliphatic heterocycles. The molecule has 1 saturated heterocycles. The zero-order valence-electron chi connectivity index (χ0n) is 14.8. The highest BCUT2D eigenvalue weighted by atomic mass is 16.5. The molecule has 24 heavy (non-hydrogen) atoms. The molecule has 1 atom stereocenters. The number of likely N-dealkylation sites (tertiary alicyclic amines) is 1. The van der Waals surface area contributed by atoms with E-state index in [0.29, 0.717) is 0 Å². The van der Waals surface area contributed by atoms with Crippen LogP contribution in [-0.2, 0) is 17.9 Å². The topological polar surface area (TPSA) is 60.5 Å². The highest BCUT2D eigenvalue weighted by Gasteiger charge is 2.36. The summed E-state index contributed by atoms with van der Waals surface area (Å²) in [7, 11) is 1.70. The molecular weight excluding hydrogens is 302 g/mol. The van der Waals surface area contributed by atoms with Gasteiger partial charge in [-0.3, -0.25) is 9.69 Å². The zero-order chi connectivity index (χ0) is 17.3. The summed E-state index contributed by atoms with van der Waals surface area (Å²) in [5.74, 6) is 0.683. The first-order chi connectivity index (χ1) is 11.5. The van der Waals surface area contributed by atoms with Crippen molar-refractivity contribution in [3.8, 4) is 5.75 Å². The third-order valence-electron chi connectivity index (χ3n) is 5.28. The maximum Gasteiger partial charge on any atom is 0.224 e. The van der Waals surface area contributed by atoms with Crippen molar-refractivity contribution in [1.82, 2.24) is 9.47 Å². The molecule has 5 heteroatoms. The maximum atomic E-state index is 11.8. The fourth-order valence-corrected chi connectivity index (χ4v) is 3.79. The second kappa shape index (κ2) is 6.48. The third kappa shape index (κ3) is 3.00. The van der Waals surface area contributed by atoms with E-state index in [1.165, 1.54) is 16.5 Å². The predicted molar refractivity (Wildman–Crippen MR) is 96.0 cm³/mol. The maximum absolute atomic E-state index is 11.8. The molecule has 1 unspecified atom stereocenters. The Morgan fingerprint density at radius 2 is 2.21 bits per heavy atom. The number of hydrogen-bond donors (Lipinski definition) is 1. The zero-order valence-corrected chi connectivity index (χ0v) is 14.8. The van der Waals surface area contributed by atoms with E-state index in [9.17, 15) is 4.79 Å². The van der Waals surface area contributed by atoms with E-state index in [1.807, 2.05) is 13.0 Å². The first-order valence-electron chi connectivity index (χ1n) is 8.65. The van der Waals surface area contributed by atoms with Crippen molar-refractivity contribution < 1.29 is 9.53 Å². The van der Waals surface area contributed by atoms with Gasteiger partial charge in [-0.1, -0.05) is 0 Å². The van der Waals surface area contributed by atoms with Crippen LogP contribution in [0.15, 0.2) is 24.4 Å². The first-order valence-corrected chi connectivity index (χ1v) is 8.65. The van der Waals surface area contributed by atoms with Crippen molar-refractivity contribution in [3.05, 3.63) is 30.0 Å². The normalized spacial score (nSPS) is 22.0. The average molecular weight is 329 g/mol. The average Bonchev–Trinajstić information content (AvgIpc) is 2.92. The van der Waals surface area contributed by atoms with Gasteiger partial charge in [-0.05, 0) is 57.0 Å². The highest BCUT2D eigenvalue weighted by Crippen LogP contribution is 2.32. The van der Waals surface area contributed by atoms with Crippen LogP contribution in [-0.4, -0.2) is 35.6 Å². The summed E-state index contributed by atoms with van der Waals surface area (Å²) >= 11 is 0. The molecule has 0 aliphatic carbocycles. The molecule has 130 valence electrons. The highest BCUT2D eigenvalue weighted by molar-refractivity contribution is 5.85. The largest absolute Gasteiger partial charge is 0.497 e. The number of amides is 1. The molecular formula is C19H27N3O2. The summed E-state index contributed by atoms with van der Waals surface area (Å²) in [6.45, 7) is 7.64. The number of methoxy groups -OCH3 is 1. The van der Waals surface area contributed by atoms with Crippen LogP contribution in [0, 0.1) is 5.41 Å². The minimum absolute atomic E-state index is 0.190. The number of hydrogen-bond acceptors (Lipinski definition) is 3. The summed E-state index contributed by atoms with van der Waals surface area (Å²) in [6, 6.07) is 6.22. The van der Waals surface area contributed by atoms with Crippen LogP contribution >= 0.6 is 0 Å². The quantitative estimate of drug-likeness (QED) is 0.917. The van der Waals surface area contributed by atoms with E-state index in [0.717, 1.165) is 44.8 Å². The van der Waals surface area contributed by atoms with E-state index in [-0.39, 0.29) is 5.91 Å². The van der Waals surface area contributed by atoms with Crippen molar-refractivity contribution in [2.24, 2.45) is 11.1 Å². The standard InChI is InChI=1S/C19H27N3O2/c1-4-22-12-14(16-10-15(24-3)6-7-17(16)22)11-21-9-5-8-19(2,13-21)18(20)23/h6-7,10,12H,4-5,8-9,11,13H2,1-3H3,(H2,20,23). The van der Waals surface area contributed by atoms with E-state index < -0.39 is 5.41 Å². The van der Waals surface area contributed by atoms with Gasteiger partial charge in [0, 0.05) is 36.7 Å². The van der Waals surface area contributed by atoms with Gasteiger partial charge < -0.3 is 15.0 Å². The second-order valence-corrected chi connectivity index (χ2v) is 7.06. The van der Waals surface area contributed by atoms with Gasteiger partial charge in [0.15, 0.2) is 0 Å². The molecule has 5 nitrogen and oxygen atoms in total. The number of primary amides is 1. The first kappa shape index (κ1) is 16.8. The number of benzene rings is 1.